The van der Waals surface area contributed by atoms with Gasteiger partial charge in [-0.1, -0.05) is 62.1 Å². The molecule has 0 spiro atoms. The zero-order valence-electron chi connectivity index (χ0n) is 24.0. The zero-order valence-corrected chi connectivity index (χ0v) is 24.0. The van der Waals surface area contributed by atoms with Crippen molar-refractivity contribution in [2.75, 3.05) is 13.7 Å². The van der Waals surface area contributed by atoms with Crippen LogP contribution in [-0.4, -0.2) is 48.4 Å². The second-order valence-electron chi connectivity index (χ2n) is 11.6. The second-order valence-corrected chi connectivity index (χ2v) is 11.6. The Morgan fingerprint density at radius 3 is 2.63 bits per heavy atom. The minimum absolute atomic E-state index is 0.0355. The van der Waals surface area contributed by atoms with Crippen molar-refractivity contribution in [2.24, 2.45) is 11.0 Å². The van der Waals surface area contributed by atoms with E-state index in [1.165, 1.54) is 30.5 Å². The molecule has 2 fully saturated rings. The molecule has 0 aromatic heterocycles. The van der Waals surface area contributed by atoms with Gasteiger partial charge >= 0.3 is 5.97 Å². The molecule has 218 valence electrons. The van der Waals surface area contributed by atoms with E-state index in [0.29, 0.717) is 37.1 Å². The number of hydrogen-bond acceptors (Lipinski definition) is 6. The Bertz CT molecular complexity index is 1250. The highest BCUT2D eigenvalue weighted by atomic mass is 16.5. The van der Waals surface area contributed by atoms with Crippen LogP contribution in [0.1, 0.15) is 92.4 Å². The van der Waals surface area contributed by atoms with Crippen LogP contribution in [0.3, 0.4) is 0 Å². The van der Waals surface area contributed by atoms with Crippen LogP contribution in [0.5, 0.6) is 0 Å². The van der Waals surface area contributed by atoms with Crippen molar-refractivity contribution in [2.45, 2.75) is 89.1 Å². The van der Waals surface area contributed by atoms with Crippen LogP contribution in [0.25, 0.3) is 0 Å². The van der Waals surface area contributed by atoms with E-state index in [0.717, 1.165) is 61.6 Å². The summed E-state index contributed by atoms with van der Waals surface area (Å²) in [6, 6.07) is 16.0. The van der Waals surface area contributed by atoms with Gasteiger partial charge in [0, 0.05) is 18.0 Å². The van der Waals surface area contributed by atoms with Gasteiger partial charge < -0.3 is 14.8 Å². The molecular formula is C33H41N3O5. The molecule has 3 aliphatic rings. The summed E-state index contributed by atoms with van der Waals surface area (Å²) in [5.41, 5.74) is 4.13. The number of carbonyl (C=O) groups is 3. The topological polar surface area (TPSA) is 97.3 Å². The van der Waals surface area contributed by atoms with E-state index < -0.39 is 0 Å². The Morgan fingerprint density at radius 1 is 1.05 bits per heavy atom. The van der Waals surface area contributed by atoms with Crippen molar-refractivity contribution in [1.82, 2.24) is 10.3 Å². The molecule has 2 atom stereocenters. The molecule has 2 aromatic carbocycles. The minimum Gasteiger partial charge on any atom is -0.469 e. The summed E-state index contributed by atoms with van der Waals surface area (Å²) in [7, 11) is 1.43. The van der Waals surface area contributed by atoms with Crippen LogP contribution in [0.15, 0.2) is 53.6 Å². The molecule has 8 heteroatoms. The first-order valence-electron chi connectivity index (χ1n) is 15.0. The fourth-order valence-electron chi connectivity index (χ4n) is 6.50. The number of rotatable bonds is 10. The van der Waals surface area contributed by atoms with E-state index in [9.17, 15) is 14.4 Å². The van der Waals surface area contributed by atoms with Gasteiger partial charge in [-0.05, 0) is 72.8 Å². The molecule has 1 aliphatic heterocycles. The van der Waals surface area contributed by atoms with E-state index in [1.54, 1.807) is 0 Å². The predicted octanol–water partition coefficient (Wildman–Crippen LogP) is 5.24. The molecule has 1 N–H and O–H groups in total. The number of amides is 2. The van der Waals surface area contributed by atoms with Gasteiger partial charge in [0.2, 0.25) is 11.8 Å². The largest absolute Gasteiger partial charge is 0.469 e. The summed E-state index contributed by atoms with van der Waals surface area (Å²) in [5.74, 6) is 1.03. The number of hydrazone groups is 1. The van der Waals surface area contributed by atoms with Gasteiger partial charge in [-0.3, -0.25) is 14.4 Å². The van der Waals surface area contributed by atoms with Gasteiger partial charge in [0.15, 0.2) is 6.61 Å². The molecule has 2 aromatic rings. The maximum Gasteiger partial charge on any atom is 0.305 e. The summed E-state index contributed by atoms with van der Waals surface area (Å²) >= 11 is 0. The van der Waals surface area contributed by atoms with Crippen LogP contribution in [0, 0.1) is 5.92 Å². The van der Waals surface area contributed by atoms with Gasteiger partial charge in [-0.25, -0.2) is 5.01 Å². The number of hydrogen-bond donors (Lipinski definition) is 1. The number of esters is 1. The maximum atomic E-state index is 13.2. The predicted molar refractivity (Wildman–Crippen MR) is 156 cm³/mol. The normalized spacial score (nSPS) is 21.2. The zero-order chi connectivity index (χ0) is 28.6. The van der Waals surface area contributed by atoms with Crippen LogP contribution in [-0.2, 0) is 36.8 Å². The molecule has 8 nitrogen and oxygen atoms in total. The first-order chi connectivity index (χ1) is 20.0. The quantitative estimate of drug-likeness (QED) is 0.402. The number of carbonyl (C=O) groups excluding carboxylic acids is 3. The number of nitrogens with zero attached hydrogens (tertiary/aromatic N) is 2. The maximum absolute atomic E-state index is 13.2. The number of nitrogens with one attached hydrogen (secondary N) is 1. The minimum atomic E-state index is -0.173. The van der Waals surface area contributed by atoms with Crippen molar-refractivity contribution in [3.05, 3.63) is 70.8 Å². The number of benzene rings is 2. The molecule has 41 heavy (non-hydrogen) atoms. The lowest BCUT2D eigenvalue weighted by molar-refractivity contribution is -0.141. The summed E-state index contributed by atoms with van der Waals surface area (Å²) < 4.78 is 10.4. The molecule has 2 aliphatic carbocycles. The average molecular weight is 560 g/mol. The third-order valence-electron chi connectivity index (χ3n) is 8.67. The van der Waals surface area contributed by atoms with E-state index >= 15 is 0 Å². The first kappa shape index (κ1) is 28.8. The number of ether oxygens (including phenoxy) is 2. The van der Waals surface area contributed by atoms with Crippen molar-refractivity contribution in [3.8, 4) is 0 Å². The third-order valence-corrected chi connectivity index (χ3v) is 8.67. The molecule has 2 saturated carbocycles. The molecule has 0 bridgehead atoms. The van der Waals surface area contributed by atoms with Gasteiger partial charge in [-0.2, -0.15) is 0 Å². The first-order valence-corrected chi connectivity index (χ1v) is 15.0. The van der Waals surface area contributed by atoms with Crippen LogP contribution < -0.4 is 5.32 Å². The Morgan fingerprint density at radius 2 is 1.85 bits per heavy atom. The van der Waals surface area contributed by atoms with Crippen molar-refractivity contribution in [1.29, 1.82) is 0 Å². The molecule has 2 amide bonds. The molecule has 2 unspecified atom stereocenters. The lowest BCUT2D eigenvalue weighted by Gasteiger charge is -2.30. The van der Waals surface area contributed by atoms with Gasteiger partial charge in [0.25, 0.3) is 5.91 Å². The van der Waals surface area contributed by atoms with Gasteiger partial charge in [0.05, 0.1) is 20.1 Å². The number of methoxy groups -OCH3 is 1. The fraction of sp³-hybridized carbons (Fsp3) is 0.515. The molecular weight excluding hydrogens is 518 g/mol. The smallest absolute Gasteiger partial charge is 0.305 e. The molecule has 5 rings (SSSR count). The lowest BCUT2D eigenvalue weighted by Crippen LogP contribution is -2.39. The van der Waals surface area contributed by atoms with Crippen molar-refractivity contribution >= 4 is 23.7 Å². The van der Waals surface area contributed by atoms with Crippen LogP contribution >= 0.6 is 0 Å². The summed E-state index contributed by atoms with van der Waals surface area (Å²) in [4.78, 5) is 37.4. The lowest BCUT2D eigenvalue weighted by atomic mass is 9.83. The Kier molecular flexibility index (Phi) is 9.70. The molecule has 0 radical (unpaired) electrons. The van der Waals surface area contributed by atoms with Crippen molar-refractivity contribution < 1.29 is 23.9 Å². The molecule has 1 heterocycles. The fourth-order valence-corrected chi connectivity index (χ4v) is 6.50. The Labute approximate surface area is 242 Å². The summed E-state index contributed by atoms with van der Waals surface area (Å²) in [6.45, 7) is 0.325. The summed E-state index contributed by atoms with van der Waals surface area (Å²) in [5, 5.41) is 9.29. The highest BCUT2D eigenvalue weighted by Gasteiger charge is 2.27. The van der Waals surface area contributed by atoms with Crippen LogP contribution in [0.2, 0.25) is 0 Å². The van der Waals surface area contributed by atoms with E-state index in [2.05, 4.69) is 22.6 Å². The van der Waals surface area contributed by atoms with Gasteiger partial charge in [0.1, 0.15) is 0 Å². The Hall–Kier alpha value is -3.68. The van der Waals surface area contributed by atoms with E-state index in [-0.39, 0.29) is 30.4 Å². The third kappa shape index (κ3) is 7.75. The Balaban J connectivity index is 1.25. The summed E-state index contributed by atoms with van der Waals surface area (Å²) in [6.07, 6.45) is 10.3. The van der Waals surface area contributed by atoms with Gasteiger partial charge in [-0.15, -0.1) is 5.10 Å². The monoisotopic (exact) mass is 559 g/mol. The average Bonchev–Trinajstić information content (AvgIpc) is 3.53. The van der Waals surface area contributed by atoms with E-state index in [1.807, 2.05) is 36.4 Å². The second kappa shape index (κ2) is 13.8. The van der Waals surface area contributed by atoms with Crippen molar-refractivity contribution in [3.63, 3.8) is 0 Å². The van der Waals surface area contributed by atoms with E-state index in [4.69, 9.17) is 9.47 Å². The molecule has 0 saturated heterocycles. The standard InChI is InChI=1S/C33H41N3O5/c1-40-32(39)17-15-23-8-7-13-28(18-23)34-30(37)20-27-16-14-24(19-29(27)25-9-5-6-10-25)21-36-31(38)22-41-33(35-36)26-11-3-2-4-12-26/h2-4,11-12,14,16,19,23,25,28H,5-10,13,15,17-18,20-22H2,1H3,(H,34,37). The highest BCUT2D eigenvalue weighted by Crippen LogP contribution is 2.37. The SMILES string of the molecule is COC(=O)CCC1CCCC(NC(=O)Cc2ccc(CN3N=C(c4ccccc4)OCC3=O)cc2C2CCCC2)C1. The van der Waals surface area contributed by atoms with Crippen LogP contribution in [0.4, 0.5) is 0 Å². The highest BCUT2D eigenvalue weighted by molar-refractivity contribution is 5.97.